The molecule has 0 aliphatic carbocycles. The van der Waals surface area contributed by atoms with Crippen molar-refractivity contribution in [1.82, 2.24) is 20.3 Å². The van der Waals surface area contributed by atoms with Crippen molar-refractivity contribution in [2.45, 2.75) is 44.9 Å². The first-order valence-electron chi connectivity index (χ1n) is 6.74. The summed E-state index contributed by atoms with van der Waals surface area (Å²) in [4.78, 5) is 11.7. The van der Waals surface area contributed by atoms with E-state index in [-0.39, 0.29) is 24.5 Å². The number of esters is 1. The normalized spacial score (nSPS) is 23.0. The van der Waals surface area contributed by atoms with Gasteiger partial charge >= 0.3 is 5.97 Å². The van der Waals surface area contributed by atoms with Gasteiger partial charge in [-0.3, -0.25) is 4.79 Å². The summed E-state index contributed by atoms with van der Waals surface area (Å²) in [6, 6.07) is 0. The van der Waals surface area contributed by atoms with Crippen LogP contribution in [-0.4, -0.2) is 52.9 Å². The van der Waals surface area contributed by atoms with Gasteiger partial charge in [0.1, 0.15) is 12.1 Å². The Balaban J connectivity index is 1.97. The molecule has 1 saturated heterocycles. The zero-order valence-electron chi connectivity index (χ0n) is 12.4. The summed E-state index contributed by atoms with van der Waals surface area (Å²) in [5, 5.41) is 11.4. The van der Waals surface area contributed by atoms with Crippen molar-refractivity contribution in [1.29, 1.82) is 0 Å². The zero-order valence-corrected chi connectivity index (χ0v) is 12.4. The molecule has 20 heavy (non-hydrogen) atoms. The quantitative estimate of drug-likeness (QED) is 0.801. The molecule has 0 spiro atoms. The Morgan fingerprint density at radius 1 is 1.50 bits per heavy atom. The van der Waals surface area contributed by atoms with Gasteiger partial charge in [0.2, 0.25) is 0 Å². The fraction of sp³-hybridized carbons (Fsp3) is 0.769. The van der Waals surface area contributed by atoms with Gasteiger partial charge in [0.25, 0.3) is 0 Å². The van der Waals surface area contributed by atoms with Crippen molar-refractivity contribution in [3.63, 3.8) is 0 Å². The van der Waals surface area contributed by atoms with Crippen molar-refractivity contribution >= 4 is 5.97 Å². The Labute approximate surface area is 118 Å². The molecular formula is C13H22N4O3. The van der Waals surface area contributed by atoms with Gasteiger partial charge in [0.05, 0.1) is 11.8 Å². The first-order valence-corrected chi connectivity index (χ1v) is 6.74. The Hall–Kier alpha value is -1.47. The Kier molecular flexibility index (Phi) is 4.39. The third-order valence-corrected chi connectivity index (χ3v) is 3.11. The highest BCUT2D eigenvalue weighted by Gasteiger charge is 2.30. The topological polar surface area (TPSA) is 78.3 Å². The highest BCUT2D eigenvalue weighted by molar-refractivity contribution is 5.69. The van der Waals surface area contributed by atoms with Crippen molar-refractivity contribution < 1.29 is 14.3 Å². The second-order valence-electron chi connectivity index (χ2n) is 5.97. The van der Waals surface area contributed by atoms with E-state index in [2.05, 4.69) is 15.6 Å². The third kappa shape index (κ3) is 3.77. The second kappa shape index (κ2) is 5.88. The Morgan fingerprint density at radius 3 is 2.90 bits per heavy atom. The number of ether oxygens (including phenoxy) is 2. The lowest BCUT2D eigenvalue weighted by Gasteiger charge is -2.19. The van der Waals surface area contributed by atoms with Gasteiger partial charge in [-0.1, -0.05) is 5.21 Å². The molecule has 1 aliphatic rings. The predicted molar refractivity (Wildman–Crippen MR) is 72.3 cm³/mol. The molecule has 0 unspecified atom stereocenters. The van der Waals surface area contributed by atoms with Crippen molar-refractivity contribution in [3.05, 3.63) is 11.9 Å². The maximum atomic E-state index is 11.7. The number of hydrogen-bond acceptors (Lipinski definition) is 6. The molecule has 0 aromatic carbocycles. The summed E-state index contributed by atoms with van der Waals surface area (Å²) in [5.74, 6) is -0.144. The fourth-order valence-electron chi connectivity index (χ4n) is 2.26. The molecule has 1 aromatic rings. The van der Waals surface area contributed by atoms with Crippen molar-refractivity contribution in [2.24, 2.45) is 0 Å². The van der Waals surface area contributed by atoms with Gasteiger partial charge in [-0.2, -0.15) is 0 Å². The molecule has 7 heteroatoms. The molecule has 2 rings (SSSR count). The molecule has 2 atom stereocenters. The molecule has 1 fully saturated rings. The largest absolute Gasteiger partial charge is 0.459 e. The van der Waals surface area contributed by atoms with E-state index >= 15 is 0 Å². The van der Waals surface area contributed by atoms with E-state index in [1.807, 2.05) is 20.8 Å². The van der Waals surface area contributed by atoms with E-state index < -0.39 is 5.60 Å². The van der Waals surface area contributed by atoms with Gasteiger partial charge in [-0.25, -0.2) is 4.68 Å². The summed E-state index contributed by atoms with van der Waals surface area (Å²) in [6.07, 6.45) is 1.88. The number of carbonyl (C=O) groups excluding carboxylic acids is 1. The number of rotatable bonds is 4. The second-order valence-corrected chi connectivity index (χ2v) is 5.97. The van der Waals surface area contributed by atoms with Gasteiger partial charge in [0, 0.05) is 32.3 Å². The summed E-state index contributed by atoms with van der Waals surface area (Å²) in [5.41, 5.74) is 0.349. The number of carbonyl (C=O) groups is 1. The lowest BCUT2D eigenvalue weighted by atomic mass is 10.0. The minimum atomic E-state index is -0.489. The highest BCUT2D eigenvalue weighted by Crippen LogP contribution is 2.22. The van der Waals surface area contributed by atoms with E-state index in [4.69, 9.17) is 9.47 Å². The minimum Gasteiger partial charge on any atom is -0.459 e. The number of aromatic nitrogens is 3. The van der Waals surface area contributed by atoms with E-state index in [1.165, 1.54) is 4.68 Å². The fourth-order valence-corrected chi connectivity index (χ4v) is 2.26. The van der Waals surface area contributed by atoms with Crippen LogP contribution in [-0.2, 0) is 20.8 Å². The average Bonchev–Trinajstić information content (AvgIpc) is 2.93. The van der Waals surface area contributed by atoms with Crippen LogP contribution < -0.4 is 5.32 Å². The van der Waals surface area contributed by atoms with Crippen LogP contribution in [0.15, 0.2) is 6.20 Å². The summed E-state index contributed by atoms with van der Waals surface area (Å²) in [6.45, 7) is 7.20. The molecule has 0 amide bonds. The lowest BCUT2D eigenvalue weighted by molar-refractivity contribution is -0.155. The Bertz CT molecular complexity index is 466. The van der Waals surface area contributed by atoms with Gasteiger partial charge in [-0.15, -0.1) is 5.10 Å². The van der Waals surface area contributed by atoms with Crippen LogP contribution in [0.5, 0.6) is 0 Å². The van der Waals surface area contributed by atoms with E-state index in [0.29, 0.717) is 0 Å². The molecule has 112 valence electrons. The van der Waals surface area contributed by atoms with E-state index in [0.717, 1.165) is 18.8 Å². The van der Waals surface area contributed by atoms with Crippen molar-refractivity contribution in [3.8, 4) is 0 Å². The van der Waals surface area contributed by atoms with Gasteiger partial charge < -0.3 is 14.8 Å². The smallest absolute Gasteiger partial charge is 0.328 e. The van der Waals surface area contributed by atoms with E-state index in [9.17, 15) is 4.79 Å². The molecule has 1 N–H and O–H groups in total. The Morgan fingerprint density at radius 2 is 2.25 bits per heavy atom. The summed E-state index contributed by atoms with van der Waals surface area (Å²) >= 11 is 0. The maximum absolute atomic E-state index is 11.7. The average molecular weight is 282 g/mol. The van der Waals surface area contributed by atoms with Crippen LogP contribution in [0.25, 0.3) is 0 Å². The molecule has 0 bridgehead atoms. The molecule has 7 nitrogen and oxygen atoms in total. The molecule has 1 aromatic heterocycles. The molecule has 1 aliphatic heterocycles. The van der Waals surface area contributed by atoms with Crippen LogP contribution in [0, 0.1) is 0 Å². The maximum Gasteiger partial charge on any atom is 0.328 e. The molecule has 0 saturated carbocycles. The first kappa shape index (κ1) is 14.9. The van der Waals surface area contributed by atoms with Crippen LogP contribution in [0.2, 0.25) is 0 Å². The van der Waals surface area contributed by atoms with Crippen molar-refractivity contribution in [2.75, 3.05) is 20.2 Å². The SMILES string of the molecule is CO[C@@H]1CNC[C@H]1c1cn(CC(=O)OC(C)(C)C)nn1. The number of nitrogens with zero attached hydrogens (tertiary/aromatic N) is 3. The van der Waals surface area contributed by atoms with Crippen LogP contribution in [0.4, 0.5) is 0 Å². The van der Waals surface area contributed by atoms with Gasteiger partial charge in [0.15, 0.2) is 0 Å². The van der Waals surface area contributed by atoms with Crippen LogP contribution >= 0.6 is 0 Å². The number of hydrogen-bond donors (Lipinski definition) is 1. The van der Waals surface area contributed by atoms with Crippen LogP contribution in [0.3, 0.4) is 0 Å². The highest BCUT2D eigenvalue weighted by atomic mass is 16.6. The third-order valence-electron chi connectivity index (χ3n) is 3.11. The summed E-state index contributed by atoms with van der Waals surface area (Å²) in [7, 11) is 1.69. The van der Waals surface area contributed by atoms with E-state index in [1.54, 1.807) is 13.3 Å². The molecular weight excluding hydrogens is 260 g/mol. The minimum absolute atomic E-state index is 0.0715. The van der Waals surface area contributed by atoms with Gasteiger partial charge in [-0.05, 0) is 20.8 Å². The molecule has 0 radical (unpaired) electrons. The monoisotopic (exact) mass is 282 g/mol. The lowest BCUT2D eigenvalue weighted by Crippen LogP contribution is -2.26. The standard InChI is InChI=1S/C13H22N4O3/c1-13(2,3)20-12(18)8-17-7-10(15-16-17)9-5-14-6-11(9)19-4/h7,9,11,14H,5-6,8H2,1-4H3/t9-,11+/m0/s1. The zero-order chi connectivity index (χ0) is 14.8. The number of nitrogens with one attached hydrogen (secondary N) is 1. The van der Waals surface area contributed by atoms with Crippen LogP contribution in [0.1, 0.15) is 32.4 Å². The number of methoxy groups -OCH3 is 1. The summed E-state index contributed by atoms with van der Waals surface area (Å²) < 4.78 is 12.2. The molecule has 2 heterocycles. The predicted octanol–water partition coefficient (Wildman–Crippen LogP) is 0.322. The first-order chi connectivity index (χ1) is 9.39.